The molecule has 4 aliphatic heterocycles. The van der Waals surface area contributed by atoms with E-state index >= 15 is 18.3 Å². The molecule has 8 heterocycles. The predicted molar refractivity (Wildman–Crippen MR) is 617 cm³/mol. The van der Waals surface area contributed by atoms with Gasteiger partial charge in [0.25, 0.3) is 0 Å². The molecular weight excluding hydrogens is 1850 g/mol. The molecule has 0 fully saturated rings. The SMILES string of the molecule is O=P1(c2ccccc2)c2ccccc2-c2ccc3c(c21)c1ccccc1n3-c1ccc2ccccc2c1.O=P1(c2ccccc2)c2ccccc2-c2ccc3c(c21)c1ccccc1n3-c1cccc2ccccc12.O=P1(c2ccccc2)c2ccccc2-c2ccc3c(c21)c1ccccc1n3-c1ccccc1.O=P1(c2ccccc2)c2ccccc2-c2ccc3c(c21)c1ccccc1n3-c1ccccc1-c1ccccc1. The summed E-state index contributed by atoms with van der Waals surface area (Å²) in [5.74, 6) is 0. The minimum absolute atomic E-state index is 0.880. The van der Waals surface area contributed by atoms with Gasteiger partial charge in [-0.1, -0.05) is 449 Å². The summed E-state index contributed by atoms with van der Waals surface area (Å²) < 4.78 is 71.0. The van der Waals surface area contributed by atoms with Crippen LogP contribution in [0, 0.1) is 0 Å². The van der Waals surface area contributed by atoms with Crippen molar-refractivity contribution in [2.45, 2.75) is 0 Å². The molecule has 0 radical (unpaired) electrons. The second kappa shape index (κ2) is 34.2. The molecule has 8 nitrogen and oxygen atoms in total. The number of para-hydroxylation sites is 6. The van der Waals surface area contributed by atoms with Crippen molar-refractivity contribution in [1.82, 2.24) is 18.3 Å². The van der Waals surface area contributed by atoms with Gasteiger partial charge in [0.2, 0.25) is 0 Å². The molecule has 27 aromatic rings. The number of hydrogen-bond donors (Lipinski definition) is 0. The normalized spacial score (nSPS) is 16.3. The van der Waals surface area contributed by atoms with Gasteiger partial charge in [0, 0.05) is 129 Å². The van der Waals surface area contributed by atoms with Crippen LogP contribution in [0.25, 0.3) is 187 Å². The van der Waals surface area contributed by atoms with Crippen LogP contribution in [-0.2, 0) is 18.3 Å². The minimum Gasteiger partial charge on any atom is -0.309 e. The third-order valence-electron chi connectivity index (χ3n) is 30.4. The highest BCUT2D eigenvalue weighted by Gasteiger charge is 2.48. The van der Waals surface area contributed by atoms with Gasteiger partial charge in [-0.25, -0.2) is 0 Å². The van der Waals surface area contributed by atoms with Gasteiger partial charge in [-0.15, -0.1) is 0 Å². The smallest absolute Gasteiger partial charge is 0.172 e. The summed E-state index contributed by atoms with van der Waals surface area (Å²) in [5.41, 5.74) is 24.2. The third-order valence-corrected chi connectivity index (χ3v) is 43.1. The molecule has 0 saturated carbocycles. The van der Waals surface area contributed by atoms with Crippen LogP contribution in [0.3, 0.4) is 0 Å². The number of fused-ring (bicyclic) bond motifs is 30. The molecule has 4 atom stereocenters. The van der Waals surface area contributed by atoms with Gasteiger partial charge in [-0.05, 0) is 151 Å². The van der Waals surface area contributed by atoms with Gasteiger partial charge in [-0.2, -0.15) is 0 Å². The predicted octanol–water partition coefficient (Wildman–Crippen LogP) is 29.6. The summed E-state index contributed by atoms with van der Waals surface area (Å²) in [6.07, 6.45) is 0. The van der Waals surface area contributed by atoms with Crippen LogP contribution in [-0.4, -0.2) is 18.3 Å². The fourth-order valence-corrected chi connectivity index (χ4v) is 37.4. The number of hydrogen-bond acceptors (Lipinski definition) is 4. The van der Waals surface area contributed by atoms with Gasteiger partial charge in [0.05, 0.1) is 55.5 Å². The monoisotopic (exact) mass is 1940 g/mol. The van der Waals surface area contributed by atoms with E-state index in [1.54, 1.807) is 0 Å². The summed E-state index contributed by atoms with van der Waals surface area (Å²) in [5, 5.41) is 24.8. The van der Waals surface area contributed by atoms with E-state index in [-0.39, 0.29) is 0 Å². The molecule has 4 aliphatic rings. The molecule has 0 N–H and O–H groups in total. The van der Waals surface area contributed by atoms with Gasteiger partial charge < -0.3 is 36.5 Å². The van der Waals surface area contributed by atoms with Crippen LogP contribution < -0.4 is 63.7 Å². The lowest BCUT2D eigenvalue weighted by Crippen LogP contribution is -2.21. The highest BCUT2D eigenvalue weighted by atomic mass is 31.2. The average Bonchev–Trinajstić information content (AvgIpc) is 1.53. The second-order valence-corrected chi connectivity index (χ2v) is 48.6. The Kier molecular flexibility index (Phi) is 20.3. The van der Waals surface area contributed by atoms with Crippen molar-refractivity contribution < 1.29 is 18.3 Å². The molecule has 4 aromatic heterocycles. The van der Waals surface area contributed by atoms with Gasteiger partial charge in [0.1, 0.15) is 0 Å². The van der Waals surface area contributed by atoms with E-state index in [4.69, 9.17) is 0 Å². The minimum atomic E-state index is -3.11. The van der Waals surface area contributed by atoms with E-state index in [9.17, 15) is 0 Å². The van der Waals surface area contributed by atoms with E-state index < -0.39 is 28.6 Å². The Balaban J connectivity index is 0.0000000944. The van der Waals surface area contributed by atoms with E-state index in [0.717, 1.165) is 224 Å². The molecule has 0 bridgehead atoms. The molecule has 0 spiro atoms. The Morgan fingerprint density at radius 2 is 0.418 bits per heavy atom. The maximum absolute atomic E-state index is 15.5. The number of aromatic nitrogens is 4. The van der Waals surface area contributed by atoms with Crippen molar-refractivity contribution in [3.05, 3.63) is 534 Å². The summed E-state index contributed by atoms with van der Waals surface area (Å²) in [7, 11) is -12.3. The molecule has 31 rings (SSSR count). The molecule has 4 unspecified atom stereocenters. The molecule has 0 amide bonds. The van der Waals surface area contributed by atoms with Crippen molar-refractivity contribution in [2.75, 3.05) is 0 Å². The Bertz CT molecular complexity index is 10300. The zero-order valence-electron chi connectivity index (χ0n) is 79.0. The van der Waals surface area contributed by atoms with Gasteiger partial charge in [0.15, 0.2) is 28.6 Å². The van der Waals surface area contributed by atoms with Crippen LogP contribution in [0.5, 0.6) is 0 Å². The first-order valence-electron chi connectivity index (χ1n) is 49.5. The van der Waals surface area contributed by atoms with Gasteiger partial charge in [-0.3, -0.25) is 0 Å². The fraction of sp³-hybridized carbons (Fsp3) is 0. The van der Waals surface area contributed by atoms with E-state index in [2.05, 4.69) is 370 Å². The van der Waals surface area contributed by atoms with Crippen molar-refractivity contribution in [3.63, 3.8) is 0 Å². The molecule has 12 heteroatoms. The number of benzene rings is 23. The fourth-order valence-electron chi connectivity index (χ4n) is 24.3. The summed E-state index contributed by atoms with van der Waals surface area (Å²) >= 11 is 0. The van der Waals surface area contributed by atoms with Crippen LogP contribution >= 0.6 is 28.6 Å². The largest absolute Gasteiger partial charge is 0.309 e. The first-order chi connectivity index (χ1) is 72.1. The Labute approximate surface area is 843 Å². The van der Waals surface area contributed by atoms with Crippen LogP contribution in [0.1, 0.15) is 0 Å². The van der Waals surface area contributed by atoms with Crippen molar-refractivity contribution in [3.8, 4) is 78.4 Å². The van der Waals surface area contributed by atoms with Crippen molar-refractivity contribution >= 4 is 201 Å². The first-order valence-corrected chi connectivity index (χ1v) is 56.4. The average molecular weight is 1940 g/mol. The molecule has 0 saturated heterocycles. The van der Waals surface area contributed by atoms with E-state index in [1.807, 2.05) is 182 Å². The maximum atomic E-state index is 15.5. The standard InChI is InChI=1S/C36H24NOP.2C34H22NOP.C30H20NOP/c38-39(26-15-5-2-6-16-26)34-22-12-9-18-28(34)29-23-24-33-35(36(29)39)30-19-8-11-21-32(30)37(33)31-20-10-7-17-27(31)25-13-3-1-4-14-25;36-37(24-13-2-1-3-14-24)32-20-9-7-16-26(32)27-21-22-31-33(34(27)37)28-17-6-8-18-30(28)35(31)29-19-10-12-23-11-4-5-15-25(23)29;36-37(26-12-2-1-3-13-26)32-17-9-7-14-27(32)28-20-21-31-33(34(28)37)29-15-6-8-16-30(29)35(31)25-19-18-23-10-4-5-11-24(23)22-25;32-33(22-13-5-2-6-14-22)28-18-10-8-15-23(28)24-19-20-27-29(30(24)33)25-16-7-9-17-26(25)31(27)21-11-3-1-4-12-21/h1-24H;2*1-22H;1-20H. The van der Waals surface area contributed by atoms with Crippen LogP contribution in [0.15, 0.2) is 534 Å². The van der Waals surface area contributed by atoms with Gasteiger partial charge >= 0.3 is 0 Å². The zero-order valence-corrected chi connectivity index (χ0v) is 82.6. The molecule has 23 aromatic carbocycles. The van der Waals surface area contributed by atoms with E-state index in [1.165, 1.54) is 27.1 Å². The first kappa shape index (κ1) is 86.6. The molecule has 0 aliphatic carbocycles. The summed E-state index contributed by atoms with van der Waals surface area (Å²) in [6, 6.07) is 184. The number of nitrogens with zero attached hydrogens (tertiary/aromatic N) is 4. The topological polar surface area (TPSA) is 88.0 Å². The lowest BCUT2D eigenvalue weighted by molar-refractivity contribution is 0.592. The Hall–Kier alpha value is -17.3. The van der Waals surface area contributed by atoms with Crippen LogP contribution in [0.4, 0.5) is 0 Å². The maximum Gasteiger partial charge on any atom is 0.172 e. The highest BCUT2D eigenvalue weighted by molar-refractivity contribution is 7.88. The van der Waals surface area contributed by atoms with Crippen LogP contribution in [0.2, 0.25) is 0 Å². The number of rotatable bonds is 9. The van der Waals surface area contributed by atoms with Crippen molar-refractivity contribution in [2.24, 2.45) is 0 Å². The molecule has 146 heavy (non-hydrogen) atoms. The highest BCUT2D eigenvalue weighted by Crippen LogP contribution is 2.61. The lowest BCUT2D eigenvalue weighted by atomic mass is 10.0. The lowest BCUT2D eigenvalue weighted by Gasteiger charge is -2.17. The quantitative estimate of drug-likeness (QED) is 0.135. The van der Waals surface area contributed by atoms with Crippen molar-refractivity contribution in [1.29, 1.82) is 0 Å². The second-order valence-electron chi connectivity index (χ2n) is 37.9. The summed E-state index contributed by atoms with van der Waals surface area (Å²) in [6.45, 7) is 0. The van der Waals surface area contributed by atoms with E-state index in [0.29, 0.717) is 0 Å². The molecule has 688 valence electrons. The Morgan fingerprint density at radius 1 is 0.151 bits per heavy atom. The zero-order chi connectivity index (χ0) is 97.1. The molecular formula is C134H88N4O4P4. The summed E-state index contributed by atoms with van der Waals surface area (Å²) in [4.78, 5) is 0. The third kappa shape index (κ3) is 12.9. The Morgan fingerprint density at radius 3 is 0.808 bits per heavy atom.